The van der Waals surface area contributed by atoms with Gasteiger partial charge in [0.1, 0.15) is 9.84 Å². The van der Waals surface area contributed by atoms with Gasteiger partial charge >= 0.3 is 0 Å². The molecule has 1 N–H and O–H groups in total. The molecule has 0 aliphatic heterocycles. The summed E-state index contributed by atoms with van der Waals surface area (Å²) in [5.41, 5.74) is 0. The Morgan fingerprint density at radius 1 is 1.21 bits per heavy atom. The number of sulfone groups is 1. The van der Waals surface area contributed by atoms with E-state index in [9.17, 15) is 8.42 Å². The van der Waals surface area contributed by atoms with Crippen LogP contribution in [0, 0.1) is 5.92 Å². The summed E-state index contributed by atoms with van der Waals surface area (Å²) in [6, 6.07) is 0. The van der Waals surface area contributed by atoms with E-state index in [4.69, 9.17) is 0 Å². The largest absolute Gasteiger partial charge is 0.317 e. The average molecular weight is 219 g/mol. The Morgan fingerprint density at radius 2 is 1.86 bits per heavy atom. The van der Waals surface area contributed by atoms with Crippen LogP contribution < -0.4 is 5.32 Å². The fraction of sp³-hybridized carbons (Fsp3) is 1.00. The molecular weight excluding hydrogens is 198 g/mol. The molecule has 1 saturated carbocycles. The predicted octanol–water partition coefficient (Wildman–Crippen LogP) is 1.20. The Hall–Kier alpha value is -0.0900. The van der Waals surface area contributed by atoms with Gasteiger partial charge in [-0.1, -0.05) is 12.8 Å². The molecule has 0 unspecified atom stereocenters. The molecule has 3 nitrogen and oxygen atoms in total. The third kappa shape index (κ3) is 7.33. The van der Waals surface area contributed by atoms with Crippen molar-refractivity contribution in [1.29, 1.82) is 0 Å². The first-order valence-electron chi connectivity index (χ1n) is 5.46. The fourth-order valence-corrected chi connectivity index (χ4v) is 2.18. The minimum absolute atomic E-state index is 0.308. The Labute approximate surface area is 87.2 Å². The first-order valence-corrected chi connectivity index (χ1v) is 7.52. The zero-order chi connectivity index (χ0) is 10.4. The summed E-state index contributed by atoms with van der Waals surface area (Å²) >= 11 is 0. The summed E-state index contributed by atoms with van der Waals surface area (Å²) in [5.74, 6) is 1.32. The van der Waals surface area contributed by atoms with Crippen LogP contribution in [-0.2, 0) is 9.84 Å². The number of hydrogen-bond donors (Lipinski definition) is 1. The summed E-state index contributed by atoms with van der Waals surface area (Å²) in [6.45, 7) is 1.87. The maximum absolute atomic E-state index is 10.8. The fourth-order valence-electron chi connectivity index (χ4n) is 1.51. The van der Waals surface area contributed by atoms with E-state index in [1.165, 1.54) is 31.9 Å². The monoisotopic (exact) mass is 219 g/mol. The second-order valence-corrected chi connectivity index (χ2v) is 6.58. The molecule has 0 aromatic heterocycles. The highest BCUT2D eigenvalue weighted by molar-refractivity contribution is 7.90. The summed E-state index contributed by atoms with van der Waals surface area (Å²) < 4.78 is 21.6. The van der Waals surface area contributed by atoms with Crippen molar-refractivity contribution in [3.8, 4) is 0 Å². The lowest BCUT2D eigenvalue weighted by atomic mass is 10.2. The highest BCUT2D eigenvalue weighted by atomic mass is 32.2. The molecule has 0 atom stereocenters. The molecule has 0 heterocycles. The summed E-state index contributed by atoms with van der Waals surface area (Å²) in [4.78, 5) is 0. The van der Waals surface area contributed by atoms with Gasteiger partial charge in [-0.2, -0.15) is 0 Å². The van der Waals surface area contributed by atoms with Gasteiger partial charge in [0, 0.05) is 6.26 Å². The van der Waals surface area contributed by atoms with E-state index >= 15 is 0 Å². The lowest BCUT2D eigenvalue weighted by Crippen LogP contribution is -2.19. The maximum Gasteiger partial charge on any atom is 0.147 e. The van der Waals surface area contributed by atoms with Crippen molar-refractivity contribution in [2.45, 2.75) is 32.1 Å². The van der Waals surface area contributed by atoms with Crippen molar-refractivity contribution in [3.05, 3.63) is 0 Å². The molecule has 0 bridgehead atoms. The molecule has 0 aromatic rings. The van der Waals surface area contributed by atoms with Gasteiger partial charge in [0.05, 0.1) is 5.75 Å². The standard InChI is InChI=1S/C10H21NO2S/c1-14(12,13)9-3-8-11-7-2-4-10-5-6-10/h10-11H,2-9H2,1H3. The molecule has 84 valence electrons. The number of rotatable bonds is 8. The first-order chi connectivity index (χ1) is 6.58. The number of hydrogen-bond acceptors (Lipinski definition) is 3. The average Bonchev–Trinajstić information content (AvgIpc) is 2.84. The minimum atomic E-state index is -2.76. The molecule has 1 rings (SSSR count). The summed E-state index contributed by atoms with van der Waals surface area (Å²) in [7, 11) is -2.76. The van der Waals surface area contributed by atoms with Crippen molar-refractivity contribution in [3.63, 3.8) is 0 Å². The minimum Gasteiger partial charge on any atom is -0.317 e. The predicted molar refractivity (Wildman–Crippen MR) is 59.2 cm³/mol. The lowest BCUT2D eigenvalue weighted by Gasteiger charge is -2.03. The zero-order valence-electron chi connectivity index (χ0n) is 8.96. The van der Waals surface area contributed by atoms with E-state index in [1.807, 2.05) is 0 Å². The van der Waals surface area contributed by atoms with Gasteiger partial charge in [0.15, 0.2) is 0 Å². The van der Waals surface area contributed by atoms with Gasteiger partial charge in [-0.15, -0.1) is 0 Å². The summed E-state index contributed by atoms with van der Waals surface area (Å²) in [6.07, 6.45) is 7.47. The molecule has 1 fully saturated rings. The van der Waals surface area contributed by atoms with Crippen LogP contribution in [0.4, 0.5) is 0 Å². The highest BCUT2D eigenvalue weighted by Gasteiger charge is 2.19. The second kappa shape index (κ2) is 5.71. The van der Waals surface area contributed by atoms with Crippen molar-refractivity contribution in [2.24, 2.45) is 5.92 Å². The van der Waals surface area contributed by atoms with Crippen molar-refractivity contribution in [2.75, 3.05) is 25.1 Å². The van der Waals surface area contributed by atoms with Gasteiger partial charge in [-0.25, -0.2) is 8.42 Å². The summed E-state index contributed by atoms with van der Waals surface area (Å²) in [5, 5.41) is 3.28. The van der Waals surface area contributed by atoms with Gasteiger partial charge in [0.25, 0.3) is 0 Å². The third-order valence-electron chi connectivity index (χ3n) is 2.53. The Kier molecular flexibility index (Phi) is 4.89. The second-order valence-electron chi connectivity index (χ2n) is 4.32. The van der Waals surface area contributed by atoms with Crippen molar-refractivity contribution >= 4 is 9.84 Å². The SMILES string of the molecule is CS(=O)(=O)CCCNCCCC1CC1. The van der Waals surface area contributed by atoms with E-state index in [-0.39, 0.29) is 0 Å². The first kappa shape index (κ1) is 12.0. The smallest absolute Gasteiger partial charge is 0.147 e. The lowest BCUT2D eigenvalue weighted by molar-refractivity contribution is 0.579. The van der Waals surface area contributed by atoms with Crippen LogP contribution in [-0.4, -0.2) is 33.5 Å². The van der Waals surface area contributed by atoms with E-state index < -0.39 is 9.84 Å². The molecule has 0 spiro atoms. The van der Waals surface area contributed by atoms with Crippen LogP contribution in [0.1, 0.15) is 32.1 Å². The highest BCUT2D eigenvalue weighted by Crippen LogP contribution is 2.33. The van der Waals surface area contributed by atoms with Gasteiger partial charge in [-0.3, -0.25) is 0 Å². The van der Waals surface area contributed by atoms with Crippen LogP contribution >= 0.6 is 0 Å². The number of nitrogens with one attached hydrogen (secondary N) is 1. The zero-order valence-corrected chi connectivity index (χ0v) is 9.78. The normalized spacial score (nSPS) is 17.2. The van der Waals surface area contributed by atoms with E-state index in [0.717, 1.165) is 25.4 Å². The van der Waals surface area contributed by atoms with Crippen molar-refractivity contribution in [1.82, 2.24) is 5.32 Å². The Morgan fingerprint density at radius 3 is 2.43 bits per heavy atom. The molecule has 4 heteroatoms. The molecule has 0 amide bonds. The van der Waals surface area contributed by atoms with E-state index in [1.54, 1.807) is 0 Å². The molecule has 1 aliphatic rings. The molecule has 14 heavy (non-hydrogen) atoms. The molecule has 0 aromatic carbocycles. The van der Waals surface area contributed by atoms with Gasteiger partial charge in [0.2, 0.25) is 0 Å². The molecule has 0 radical (unpaired) electrons. The quantitative estimate of drug-likeness (QED) is 0.624. The van der Waals surface area contributed by atoms with Gasteiger partial charge in [-0.05, 0) is 38.3 Å². The van der Waals surface area contributed by atoms with E-state index in [2.05, 4.69) is 5.32 Å². The Balaban J connectivity index is 1.79. The van der Waals surface area contributed by atoms with Crippen LogP contribution in [0.3, 0.4) is 0 Å². The van der Waals surface area contributed by atoms with Crippen LogP contribution in [0.25, 0.3) is 0 Å². The van der Waals surface area contributed by atoms with E-state index in [0.29, 0.717) is 5.75 Å². The van der Waals surface area contributed by atoms with Crippen molar-refractivity contribution < 1.29 is 8.42 Å². The Bertz CT molecular complexity index is 245. The topological polar surface area (TPSA) is 46.2 Å². The molecule has 1 aliphatic carbocycles. The molecular formula is C10H21NO2S. The van der Waals surface area contributed by atoms with Crippen LogP contribution in [0.15, 0.2) is 0 Å². The van der Waals surface area contributed by atoms with Crippen LogP contribution in [0.5, 0.6) is 0 Å². The van der Waals surface area contributed by atoms with Gasteiger partial charge < -0.3 is 5.32 Å². The third-order valence-corrected chi connectivity index (χ3v) is 3.56. The maximum atomic E-state index is 10.8. The molecule has 0 saturated heterocycles. The van der Waals surface area contributed by atoms with Crippen LogP contribution in [0.2, 0.25) is 0 Å².